The van der Waals surface area contributed by atoms with Crippen molar-refractivity contribution < 1.29 is 4.74 Å². The number of rotatable bonds is 5. The minimum absolute atomic E-state index is 0.179. The third-order valence-corrected chi connectivity index (χ3v) is 4.22. The summed E-state index contributed by atoms with van der Waals surface area (Å²) in [6.07, 6.45) is 10.2. The largest absolute Gasteiger partial charge is 0.489 e. The zero-order valence-electron chi connectivity index (χ0n) is 13.0. The standard InChI is InChI=1S/C18H23N3O/c1-14(17-13-19-11-12-20-17)21-16-9-5-6-10-18(16)22-15-7-3-2-4-8-15/h2-4,7-8,11-14,16,18,21H,5-6,9-10H2,1H3/t14-,16-,18+/m0/s1. The summed E-state index contributed by atoms with van der Waals surface area (Å²) in [5.74, 6) is 0.952. The average Bonchev–Trinajstić information content (AvgIpc) is 2.58. The van der Waals surface area contributed by atoms with Crippen molar-refractivity contribution in [2.45, 2.75) is 50.8 Å². The van der Waals surface area contributed by atoms with E-state index in [-0.39, 0.29) is 12.1 Å². The fourth-order valence-electron chi connectivity index (χ4n) is 3.04. The SMILES string of the molecule is C[C@H](N[C@H]1CCCC[C@H]1Oc1ccccc1)c1cnccn1. The van der Waals surface area contributed by atoms with E-state index in [0.29, 0.717) is 6.04 Å². The summed E-state index contributed by atoms with van der Waals surface area (Å²) in [4.78, 5) is 8.54. The van der Waals surface area contributed by atoms with Gasteiger partial charge in [-0.15, -0.1) is 0 Å². The number of nitrogens with zero attached hydrogens (tertiary/aromatic N) is 2. The molecule has 1 heterocycles. The Morgan fingerprint density at radius 3 is 2.73 bits per heavy atom. The smallest absolute Gasteiger partial charge is 0.119 e. The summed E-state index contributed by atoms with van der Waals surface area (Å²) in [7, 11) is 0. The zero-order valence-corrected chi connectivity index (χ0v) is 13.0. The number of para-hydroxylation sites is 1. The van der Waals surface area contributed by atoms with Crippen molar-refractivity contribution in [3.8, 4) is 5.75 Å². The molecule has 22 heavy (non-hydrogen) atoms. The van der Waals surface area contributed by atoms with Gasteiger partial charge in [0.1, 0.15) is 11.9 Å². The van der Waals surface area contributed by atoms with Crippen molar-refractivity contribution in [2.24, 2.45) is 0 Å². The third kappa shape index (κ3) is 3.83. The van der Waals surface area contributed by atoms with E-state index in [9.17, 15) is 0 Å². The van der Waals surface area contributed by atoms with Gasteiger partial charge in [0.2, 0.25) is 0 Å². The van der Waals surface area contributed by atoms with Gasteiger partial charge in [-0.3, -0.25) is 9.97 Å². The molecule has 116 valence electrons. The molecule has 0 spiro atoms. The fourth-order valence-corrected chi connectivity index (χ4v) is 3.04. The Morgan fingerprint density at radius 2 is 1.95 bits per heavy atom. The van der Waals surface area contributed by atoms with Crippen molar-refractivity contribution in [1.82, 2.24) is 15.3 Å². The molecule has 1 saturated carbocycles. The first-order valence-electron chi connectivity index (χ1n) is 8.06. The Kier molecular flexibility index (Phi) is 5.01. The molecule has 4 nitrogen and oxygen atoms in total. The van der Waals surface area contributed by atoms with Gasteiger partial charge in [-0.25, -0.2) is 0 Å². The lowest BCUT2D eigenvalue weighted by atomic mass is 9.91. The number of aromatic nitrogens is 2. The summed E-state index contributed by atoms with van der Waals surface area (Å²) in [6, 6.07) is 10.6. The van der Waals surface area contributed by atoms with Crippen LogP contribution in [0.2, 0.25) is 0 Å². The van der Waals surface area contributed by atoms with Crippen LogP contribution in [0.1, 0.15) is 44.3 Å². The molecule has 3 atom stereocenters. The van der Waals surface area contributed by atoms with Gasteiger partial charge in [-0.2, -0.15) is 0 Å². The van der Waals surface area contributed by atoms with Crippen LogP contribution in [-0.2, 0) is 0 Å². The molecule has 1 fully saturated rings. The van der Waals surface area contributed by atoms with E-state index in [1.165, 1.54) is 12.8 Å². The molecule has 1 aromatic heterocycles. The summed E-state index contributed by atoms with van der Waals surface area (Å²) in [5.41, 5.74) is 0.978. The highest BCUT2D eigenvalue weighted by molar-refractivity contribution is 5.21. The minimum Gasteiger partial charge on any atom is -0.489 e. The molecule has 0 aliphatic heterocycles. The number of nitrogens with one attached hydrogen (secondary N) is 1. The molecule has 1 aliphatic carbocycles. The first-order valence-corrected chi connectivity index (χ1v) is 8.06. The number of ether oxygens (including phenoxy) is 1. The van der Waals surface area contributed by atoms with Gasteiger partial charge in [0.25, 0.3) is 0 Å². The molecule has 3 rings (SSSR count). The Hall–Kier alpha value is -1.94. The lowest BCUT2D eigenvalue weighted by molar-refractivity contribution is 0.108. The van der Waals surface area contributed by atoms with Crippen molar-refractivity contribution in [3.05, 3.63) is 54.6 Å². The van der Waals surface area contributed by atoms with Crippen molar-refractivity contribution in [1.29, 1.82) is 0 Å². The maximum Gasteiger partial charge on any atom is 0.119 e. The molecular weight excluding hydrogens is 274 g/mol. The third-order valence-electron chi connectivity index (χ3n) is 4.22. The summed E-state index contributed by atoms with van der Waals surface area (Å²) in [6.45, 7) is 2.14. The van der Waals surface area contributed by atoms with Crippen LogP contribution < -0.4 is 10.1 Å². The van der Waals surface area contributed by atoms with E-state index in [0.717, 1.165) is 24.3 Å². The van der Waals surface area contributed by atoms with E-state index in [1.807, 2.05) is 36.5 Å². The van der Waals surface area contributed by atoms with Crippen molar-refractivity contribution in [3.63, 3.8) is 0 Å². The highest BCUT2D eigenvalue weighted by Crippen LogP contribution is 2.25. The van der Waals surface area contributed by atoms with Gasteiger partial charge in [0, 0.05) is 30.7 Å². The lowest BCUT2D eigenvalue weighted by Gasteiger charge is -2.34. The number of hydrogen-bond donors (Lipinski definition) is 1. The second-order valence-electron chi connectivity index (χ2n) is 5.88. The molecule has 0 radical (unpaired) electrons. The van der Waals surface area contributed by atoms with Gasteiger partial charge in [0.05, 0.1) is 5.69 Å². The quantitative estimate of drug-likeness (QED) is 0.917. The highest BCUT2D eigenvalue weighted by Gasteiger charge is 2.28. The first-order chi connectivity index (χ1) is 10.8. The summed E-state index contributed by atoms with van der Waals surface area (Å²) in [5, 5.41) is 3.68. The van der Waals surface area contributed by atoms with Crippen LogP contribution in [0.4, 0.5) is 0 Å². The number of benzene rings is 1. The first kappa shape index (κ1) is 15.0. The topological polar surface area (TPSA) is 47.0 Å². The van der Waals surface area contributed by atoms with Crippen LogP contribution in [0, 0.1) is 0 Å². The van der Waals surface area contributed by atoms with Crippen LogP contribution >= 0.6 is 0 Å². The second kappa shape index (κ2) is 7.36. The van der Waals surface area contributed by atoms with Crippen molar-refractivity contribution >= 4 is 0 Å². The normalized spacial score (nSPS) is 23.0. The molecule has 0 amide bonds. The Morgan fingerprint density at radius 1 is 1.14 bits per heavy atom. The monoisotopic (exact) mass is 297 g/mol. The fraction of sp³-hybridized carbons (Fsp3) is 0.444. The Bertz CT molecular complexity index is 561. The predicted molar refractivity (Wildman–Crippen MR) is 86.7 cm³/mol. The molecule has 1 aromatic carbocycles. The van der Waals surface area contributed by atoms with Crippen LogP contribution in [-0.4, -0.2) is 22.1 Å². The van der Waals surface area contributed by atoms with E-state index < -0.39 is 0 Å². The van der Waals surface area contributed by atoms with Gasteiger partial charge in [0.15, 0.2) is 0 Å². The average molecular weight is 297 g/mol. The lowest BCUT2D eigenvalue weighted by Crippen LogP contribution is -2.46. The minimum atomic E-state index is 0.179. The zero-order chi connectivity index (χ0) is 15.2. The molecule has 1 aliphatic rings. The Labute approximate surface area is 132 Å². The van der Waals surface area contributed by atoms with Crippen molar-refractivity contribution in [2.75, 3.05) is 0 Å². The maximum absolute atomic E-state index is 6.21. The second-order valence-corrected chi connectivity index (χ2v) is 5.88. The highest BCUT2D eigenvalue weighted by atomic mass is 16.5. The molecule has 0 unspecified atom stereocenters. The van der Waals surface area contributed by atoms with Crippen LogP contribution in [0.3, 0.4) is 0 Å². The maximum atomic E-state index is 6.21. The molecule has 0 saturated heterocycles. The van der Waals surface area contributed by atoms with Gasteiger partial charge in [-0.1, -0.05) is 24.6 Å². The van der Waals surface area contributed by atoms with E-state index in [1.54, 1.807) is 12.4 Å². The number of hydrogen-bond acceptors (Lipinski definition) is 4. The molecular formula is C18H23N3O. The molecule has 4 heteroatoms. The van der Waals surface area contributed by atoms with Gasteiger partial charge >= 0.3 is 0 Å². The molecule has 2 aromatic rings. The van der Waals surface area contributed by atoms with E-state index in [4.69, 9.17) is 4.74 Å². The predicted octanol–water partition coefficient (Wildman–Crippen LogP) is 3.52. The van der Waals surface area contributed by atoms with E-state index in [2.05, 4.69) is 22.2 Å². The molecule has 1 N–H and O–H groups in total. The van der Waals surface area contributed by atoms with E-state index >= 15 is 0 Å². The van der Waals surface area contributed by atoms with Crippen LogP contribution in [0.25, 0.3) is 0 Å². The van der Waals surface area contributed by atoms with Crippen LogP contribution in [0.15, 0.2) is 48.9 Å². The van der Waals surface area contributed by atoms with Crippen LogP contribution in [0.5, 0.6) is 5.75 Å². The summed E-state index contributed by atoms with van der Waals surface area (Å²) < 4.78 is 6.21. The van der Waals surface area contributed by atoms with Gasteiger partial charge < -0.3 is 10.1 Å². The Balaban J connectivity index is 1.65. The summed E-state index contributed by atoms with van der Waals surface area (Å²) >= 11 is 0. The molecule has 0 bridgehead atoms. The van der Waals surface area contributed by atoms with Gasteiger partial charge in [-0.05, 0) is 38.3 Å².